The summed E-state index contributed by atoms with van der Waals surface area (Å²) in [6.45, 7) is 9.00. The predicted molar refractivity (Wildman–Crippen MR) is 87.7 cm³/mol. The first-order chi connectivity index (χ1) is 10.0. The van der Waals surface area contributed by atoms with Crippen LogP contribution in [-0.4, -0.2) is 23.5 Å². The summed E-state index contributed by atoms with van der Waals surface area (Å²) in [5.74, 6) is 1.09. The first kappa shape index (κ1) is 15.3. The molecular formula is C17H23N3O. The van der Waals surface area contributed by atoms with Crippen molar-refractivity contribution in [3.63, 3.8) is 0 Å². The number of hydrogen-bond donors (Lipinski definition) is 2. The summed E-state index contributed by atoms with van der Waals surface area (Å²) in [4.78, 5) is 17.1. The van der Waals surface area contributed by atoms with E-state index in [1.54, 1.807) is 0 Å². The molecule has 1 aromatic heterocycles. The van der Waals surface area contributed by atoms with E-state index in [0.717, 1.165) is 23.3 Å². The minimum absolute atomic E-state index is 0.0473. The third kappa shape index (κ3) is 3.51. The molecule has 0 aliphatic carbocycles. The first-order valence-corrected chi connectivity index (χ1v) is 7.47. The number of anilines is 1. The molecule has 0 aliphatic rings. The number of rotatable bonds is 5. The fourth-order valence-electron chi connectivity index (χ4n) is 2.09. The fourth-order valence-corrected chi connectivity index (χ4v) is 2.09. The van der Waals surface area contributed by atoms with Crippen molar-refractivity contribution in [3.8, 4) is 0 Å². The standard InChI is InChI=1S/C17H23N3O/c1-5-18-16-10-14(17(21)19-12(4)11(2)3)13-8-6-7-9-15(13)20-16/h6-12H,5H2,1-4H3,(H,18,20)(H,19,21). The maximum absolute atomic E-state index is 12.6. The van der Waals surface area contributed by atoms with Crippen LogP contribution in [0.4, 0.5) is 5.82 Å². The van der Waals surface area contributed by atoms with Crippen LogP contribution in [0.5, 0.6) is 0 Å². The molecule has 0 saturated heterocycles. The molecule has 2 N–H and O–H groups in total. The molecule has 2 rings (SSSR count). The minimum atomic E-state index is -0.0473. The van der Waals surface area contributed by atoms with Gasteiger partial charge in [-0.15, -0.1) is 0 Å². The van der Waals surface area contributed by atoms with E-state index in [4.69, 9.17) is 0 Å². The molecule has 1 aromatic carbocycles. The molecule has 0 radical (unpaired) electrons. The van der Waals surface area contributed by atoms with E-state index < -0.39 is 0 Å². The van der Waals surface area contributed by atoms with Gasteiger partial charge in [0, 0.05) is 18.0 Å². The minimum Gasteiger partial charge on any atom is -0.370 e. The van der Waals surface area contributed by atoms with E-state index in [1.807, 2.05) is 44.2 Å². The molecule has 112 valence electrons. The van der Waals surface area contributed by atoms with E-state index in [2.05, 4.69) is 29.5 Å². The van der Waals surface area contributed by atoms with E-state index in [0.29, 0.717) is 11.5 Å². The smallest absolute Gasteiger partial charge is 0.252 e. The summed E-state index contributed by atoms with van der Waals surface area (Å²) in [5.41, 5.74) is 1.50. The number of para-hydroxylation sites is 1. The summed E-state index contributed by atoms with van der Waals surface area (Å²) in [6, 6.07) is 9.69. The Hall–Kier alpha value is -2.10. The summed E-state index contributed by atoms with van der Waals surface area (Å²) in [5, 5.41) is 7.12. The lowest BCUT2D eigenvalue weighted by Crippen LogP contribution is -2.36. The summed E-state index contributed by atoms with van der Waals surface area (Å²) in [6.07, 6.45) is 0. The Morgan fingerprint density at radius 1 is 1.24 bits per heavy atom. The maximum Gasteiger partial charge on any atom is 0.252 e. The van der Waals surface area contributed by atoms with Crippen LogP contribution in [0.25, 0.3) is 10.9 Å². The van der Waals surface area contributed by atoms with Crippen LogP contribution < -0.4 is 10.6 Å². The number of fused-ring (bicyclic) bond motifs is 1. The predicted octanol–water partition coefficient (Wildman–Crippen LogP) is 3.44. The quantitative estimate of drug-likeness (QED) is 0.884. The van der Waals surface area contributed by atoms with Gasteiger partial charge in [-0.1, -0.05) is 32.0 Å². The number of carbonyl (C=O) groups excluding carboxylic acids is 1. The Kier molecular flexibility index (Phi) is 4.78. The third-order valence-electron chi connectivity index (χ3n) is 3.68. The van der Waals surface area contributed by atoms with Crippen LogP contribution in [0, 0.1) is 5.92 Å². The average molecular weight is 285 g/mol. The number of pyridine rings is 1. The second-order valence-electron chi connectivity index (χ2n) is 5.61. The van der Waals surface area contributed by atoms with Gasteiger partial charge in [-0.05, 0) is 31.9 Å². The van der Waals surface area contributed by atoms with Gasteiger partial charge in [-0.25, -0.2) is 4.98 Å². The molecule has 4 nitrogen and oxygen atoms in total. The number of aromatic nitrogens is 1. The zero-order valence-corrected chi connectivity index (χ0v) is 13.1. The Balaban J connectivity index is 2.43. The maximum atomic E-state index is 12.6. The van der Waals surface area contributed by atoms with Crippen molar-refractivity contribution in [2.45, 2.75) is 33.7 Å². The van der Waals surface area contributed by atoms with Crippen molar-refractivity contribution in [2.75, 3.05) is 11.9 Å². The van der Waals surface area contributed by atoms with E-state index in [1.165, 1.54) is 0 Å². The van der Waals surface area contributed by atoms with Crippen molar-refractivity contribution in [2.24, 2.45) is 5.92 Å². The lowest BCUT2D eigenvalue weighted by Gasteiger charge is -2.18. The molecule has 1 amide bonds. The lowest BCUT2D eigenvalue weighted by atomic mass is 10.0. The highest BCUT2D eigenvalue weighted by Crippen LogP contribution is 2.21. The van der Waals surface area contributed by atoms with Crippen molar-refractivity contribution in [3.05, 3.63) is 35.9 Å². The van der Waals surface area contributed by atoms with Gasteiger partial charge in [0.25, 0.3) is 5.91 Å². The Morgan fingerprint density at radius 2 is 1.95 bits per heavy atom. The molecule has 0 aliphatic heterocycles. The molecular weight excluding hydrogens is 262 g/mol. The molecule has 2 aromatic rings. The van der Waals surface area contributed by atoms with Gasteiger partial charge < -0.3 is 10.6 Å². The van der Waals surface area contributed by atoms with Crippen LogP contribution in [0.2, 0.25) is 0 Å². The summed E-state index contributed by atoms with van der Waals surface area (Å²) < 4.78 is 0. The first-order valence-electron chi connectivity index (χ1n) is 7.47. The number of nitrogens with zero attached hydrogens (tertiary/aromatic N) is 1. The summed E-state index contributed by atoms with van der Waals surface area (Å²) >= 11 is 0. The number of hydrogen-bond acceptors (Lipinski definition) is 3. The number of benzene rings is 1. The molecule has 0 fully saturated rings. The molecule has 0 spiro atoms. The van der Waals surface area contributed by atoms with Gasteiger partial charge in [0.1, 0.15) is 5.82 Å². The second-order valence-corrected chi connectivity index (χ2v) is 5.61. The van der Waals surface area contributed by atoms with Crippen LogP contribution in [0.1, 0.15) is 38.1 Å². The molecule has 4 heteroatoms. The molecule has 1 heterocycles. The van der Waals surface area contributed by atoms with Gasteiger partial charge >= 0.3 is 0 Å². The Labute approximate surface area is 126 Å². The largest absolute Gasteiger partial charge is 0.370 e. The van der Waals surface area contributed by atoms with E-state index >= 15 is 0 Å². The molecule has 21 heavy (non-hydrogen) atoms. The van der Waals surface area contributed by atoms with Crippen LogP contribution in [-0.2, 0) is 0 Å². The number of carbonyl (C=O) groups is 1. The van der Waals surface area contributed by atoms with Crippen molar-refractivity contribution < 1.29 is 4.79 Å². The zero-order chi connectivity index (χ0) is 15.4. The van der Waals surface area contributed by atoms with E-state index in [-0.39, 0.29) is 11.9 Å². The number of amides is 1. The highest BCUT2D eigenvalue weighted by Gasteiger charge is 2.16. The summed E-state index contributed by atoms with van der Waals surface area (Å²) in [7, 11) is 0. The highest BCUT2D eigenvalue weighted by atomic mass is 16.1. The Morgan fingerprint density at radius 3 is 2.62 bits per heavy atom. The zero-order valence-electron chi connectivity index (χ0n) is 13.1. The van der Waals surface area contributed by atoms with Crippen LogP contribution in [0.15, 0.2) is 30.3 Å². The average Bonchev–Trinajstić information content (AvgIpc) is 2.46. The third-order valence-corrected chi connectivity index (χ3v) is 3.68. The lowest BCUT2D eigenvalue weighted by molar-refractivity contribution is 0.0932. The monoisotopic (exact) mass is 285 g/mol. The topological polar surface area (TPSA) is 54.0 Å². The SMILES string of the molecule is CCNc1cc(C(=O)NC(C)C(C)C)c2ccccc2n1. The molecule has 1 unspecified atom stereocenters. The number of nitrogens with one attached hydrogen (secondary N) is 2. The normalized spacial score (nSPS) is 12.4. The van der Waals surface area contributed by atoms with Crippen molar-refractivity contribution in [1.82, 2.24) is 10.3 Å². The van der Waals surface area contributed by atoms with Gasteiger partial charge in [-0.3, -0.25) is 4.79 Å². The van der Waals surface area contributed by atoms with Crippen LogP contribution >= 0.6 is 0 Å². The highest BCUT2D eigenvalue weighted by molar-refractivity contribution is 6.07. The Bertz CT molecular complexity index is 637. The van der Waals surface area contributed by atoms with Crippen molar-refractivity contribution in [1.29, 1.82) is 0 Å². The van der Waals surface area contributed by atoms with Crippen molar-refractivity contribution >= 4 is 22.6 Å². The van der Waals surface area contributed by atoms with E-state index in [9.17, 15) is 4.79 Å². The van der Waals surface area contributed by atoms with Gasteiger partial charge in [0.15, 0.2) is 0 Å². The second kappa shape index (κ2) is 6.57. The molecule has 0 saturated carbocycles. The fraction of sp³-hybridized carbons (Fsp3) is 0.412. The van der Waals surface area contributed by atoms with Gasteiger partial charge in [0.05, 0.1) is 11.1 Å². The molecule has 1 atom stereocenters. The van der Waals surface area contributed by atoms with Gasteiger partial charge in [-0.2, -0.15) is 0 Å². The molecule has 0 bridgehead atoms. The van der Waals surface area contributed by atoms with Gasteiger partial charge in [0.2, 0.25) is 0 Å². The van der Waals surface area contributed by atoms with Crippen LogP contribution in [0.3, 0.4) is 0 Å².